The molecule has 7 nitrogen and oxygen atoms in total. The molecule has 3 unspecified atom stereocenters. The van der Waals surface area contributed by atoms with E-state index in [4.69, 9.17) is 0 Å². The van der Waals surface area contributed by atoms with E-state index in [0.717, 1.165) is 57.7 Å². The van der Waals surface area contributed by atoms with E-state index in [9.17, 15) is 18.8 Å². The summed E-state index contributed by atoms with van der Waals surface area (Å²) in [5.41, 5.74) is 7.23. The number of benzene rings is 2. The Morgan fingerprint density at radius 2 is 1.60 bits per heavy atom. The Morgan fingerprint density at radius 3 is 2.30 bits per heavy atom. The SMILES string of the molecule is CC1(C)CCC(CN2CC3CN(Cc4ccc5c(c4)CN(C4CCC(=O)NC4=O)C5=O)CC3C2)=C(c2ccc(F)cc2)C1. The Morgan fingerprint density at radius 1 is 0.907 bits per heavy atom. The molecule has 0 aromatic heterocycles. The number of halogens is 1. The molecule has 3 saturated heterocycles. The van der Waals surface area contributed by atoms with Gasteiger partial charge in [-0.2, -0.15) is 0 Å². The number of amides is 3. The average molecular weight is 585 g/mol. The minimum Gasteiger partial charge on any atom is -0.322 e. The lowest BCUT2D eigenvalue weighted by Gasteiger charge is -2.35. The van der Waals surface area contributed by atoms with E-state index in [1.807, 2.05) is 18.2 Å². The second-order valence-corrected chi connectivity index (χ2v) is 14.2. The quantitative estimate of drug-likeness (QED) is 0.502. The molecule has 0 radical (unpaired) electrons. The van der Waals surface area contributed by atoms with Crippen LogP contribution < -0.4 is 5.32 Å². The zero-order valence-electron chi connectivity index (χ0n) is 25.2. The fraction of sp³-hybridized carbons (Fsp3) is 0.514. The summed E-state index contributed by atoms with van der Waals surface area (Å²) < 4.78 is 13.6. The fourth-order valence-electron chi connectivity index (χ4n) is 8.16. The summed E-state index contributed by atoms with van der Waals surface area (Å²) in [7, 11) is 0. The average Bonchev–Trinajstić information content (AvgIpc) is 3.61. The van der Waals surface area contributed by atoms with Crippen LogP contribution in [-0.4, -0.2) is 71.2 Å². The number of carbonyl (C=O) groups excluding carboxylic acids is 3. The van der Waals surface area contributed by atoms with Gasteiger partial charge in [-0.25, -0.2) is 4.39 Å². The van der Waals surface area contributed by atoms with Crippen LogP contribution in [0, 0.1) is 23.1 Å². The third-order valence-electron chi connectivity index (χ3n) is 10.4. The number of hydrogen-bond acceptors (Lipinski definition) is 5. The molecule has 2 aromatic rings. The molecule has 5 aliphatic rings. The lowest BCUT2D eigenvalue weighted by Crippen LogP contribution is -2.52. The fourth-order valence-corrected chi connectivity index (χ4v) is 8.16. The van der Waals surface area contributed by atoms with E-state index in [2.05, 4.69) is 41.1 Å². The van der Waals surface area contributed by atoms with Crippen LogP contribution in [0.5, 0.6) is 0 Å². The maximum Gasteiger partial charge on any atom is 0.255 e. The van der Waals surface area contributed by atoms with Gasteiger partial charge in [0.05, 0.1) is 0 Å². The molecular weight excluding hydrogens is 543 g/mol. The Labute approximate surface area is 253 Å². The summed E-state index contributed by atoms with van der Waals surface area (Å²) in [6.07, 6.45) is 3.99. The number of hydrogen-bond donors (Lipinski definition) is 1. The van der Waals surface area contributed by atoms with E-state index in [0.29, 0.717) is 30.4 Å². The van der Waals surface area contributed by atoms with Gasteiger partial charge in [-0.3, -0.25) is 29.5 Å². The van der Waals surface area contributed by atoms with Gasteiger partial charge in [0.1, 0.15) is 11.9 Å². The van der Waals surface area contributed by atoms with Crippen molar-refractivity contribution in [1.82, 2.24) is 20.0 Å². The van der Waals surface area contributed by atoms with E-state index in [1.54, 1.807) is 17.0 Å². The first-order chi connectivity index (χ1) is 20.6. The van der Waals surface area contributed by atoms with Crippen LogP contribution in [0.3, 0.4) is 0 Å². The number of nitrogens with one attached hydrogen (secondary N) is 1. The molecule has 8 heteroatoms. The smallest absolute Gasteiger partial charge is 0.255 e. The van der Waals surface area contributed by atoms with Gasteiger partial charge >= 0.3 is 0 Å². The summed E-state index contributed by atoms with van der Waals surface area (Å²) in [6, 6.07) is 12.6. The van der Waals surface area contributed by atoms with Crippen molar-refractivity contribution in [3.8, 4) is 0 Å². The first-order valence-corrected chi connectivity index (χ1v) is 15.8. The van der Waals surface area contributed by atoms with Gasteiger partial charge < -0.3 is 4.90 Å². The molecule has 1 N–H and O–H groups in total. The number of carbonyl (C=O) groups is 3. The summed E-state index contributed by atoms with van der Waals surface area (Å²) >= 11 is 0. The van der Waals surface area contributed by atoms with Crippen LogP contribution in [0.2, 0.25) is 0 Å². The van der Waals surface area contributed by atoms with Crippen molar-refractivity contribution >= 4 is 23.3 Å². The molecule has 0 saturated carbocycles. The highest BCUT2D eigenvalue weighted by Gasteiger charge is 2.42. The van der Waals surface area contributed by atoms with Crippen molar-refractivity contribution in [1.29, 1.82) is 0 Å². The van der Waals surface area contributed by atoms with Gasteiger partial charge in [-0.15, -0.1) is 0 Å². The largest absolute Gasteiger partial charge is 0.322 e. The van der Waals surface area contributed by atoms with E-state index in [1.165, 1.54) is 28.7 Å². The molecule has 2 aromatic carbocycles. The number of imide groups is 1. The van der Waals surface area contributed by atoms with Crippen LogP contribution in [0.15, 0.2) is 48.0 Å². The lowest BCUT2D eigenvalue weighted by atomic mass is 9.72. The Kier molecular flexibility index (Phi) is 7.25. The lowest BCUT2D eigenvalue weighted by molar-refractivity contribution is -0.136. The maximum atomic E-state index is 13.6. The Bertz CT molecular complexity index is 1480. The summed E-state index contributed by atoms with van der Waals surface area (Å²) in [5, 5.41) is 2.38. The number of rotatable bonds is 6. The van der Waals surface area contributed by atoms with Crippen molar-refractivity contribution in [3.05, 3.63) is 76.1 Å². The second-order valence-electron chi connectivity index (χ2n) is 14.2. The van der Waals surface area contributed by atoms with Crippen LogP contribution in [0.25, 0.3) is 5.57 Å². The Balaban J connectivity index is 0.968. The third-order valence-corrected chi connectivity index (χ3v) is 10.4. The van der Waals surface area contributed by atoms with Crippen molar-refractivity contribution in [2.24, 2.45) is 17.3 Å². The number of piperidine rings is 1. The number of fused-ring (bicyclic) bond motifs is 2. The van der Waals surface area contributed by atoms with E-state index < -0.39 is 6.04 Å². The molecular formula is C35H41FN4O3. The number of likely N-dealkylation sites (tertiary alicyclic amines) is 2. The Hall–Kier alpha value is -3.36. The zero-order valence-corrected chi connectivity index (χ0v) is 25.2. The van der Waals surface area contributed by atoms with Gasteiger partial charge in [0.25, 0.3) is 5.91 Å². The van der Waals surface area contributed by atoms with Crippen molar-refractivity contribution < 1.29 is 18.8 Å². The normalized spacial score (nSPS) is 27.6. The highest BCUT2D eigenvalue weighted by atomic mass is 19.1. The number of allylic oxidation sites excluding steroid dienone is 1. The second kappa shape index (κ2) is 11.0. The molecule has 3 fully saturated rings. The predicted octanol–water partition coefficient (Wildman–Crippen LogP) is 4.61. The first-order valence-electron chi connectivity index (χ1n) is 15.8. The van der Waals surface area contributed by atoms with Crippen LogP contribution in [0.1, 0.15) is 73.0 Å². The molecule has 0 bridgehead atoms. The molecule has 43 heavy (non-hydrogen) atoms. The molecule has 4 aliphatic heterocycles. The molecule has 1 aliphatic carbocycles. The monoisotopic (exact) mass is 584 g/mol. The van der Waals surface area contributed by atoms with Crippen LogP contribution >= 0.6 is 0 Å². The van der Waals surface area contributed by atoms with Gasteiger partial charge in [-0.05, 0) is 83.4 Å². The highest BCUT2D eigenvalue weighted by molar-refractivity contribution is 6.05. The topological polar surface area (TPSA) is 73.0 Å². The van der Waals surface area contributed by atoms with Crippen molar-refractivity contribution in [3.63, 3.8) is 0 Å². The van der Waals surface area contributed by atoms with E-state index >= 15 is 0 Å². The third kappa shape index (κ3) is 5.67. The summed E-state index contributed by atoms with van der Waals surface area (Å²) in [4.78, 5) is 43.8. The standard InChI is InChI=1S/C35H41FN4O3/c1-35(2)12-11-24(30(14-35)23-4-6-28(36)7-5-23)16-39-19-26-17-38(18-27(26)20-39)15-22-3-8-29-25(13-22)21-40(34(29)43)31-9-10-32(41)37-33(31)42/h3-8,13,26-27,31H,9-12,14-21H2,1-2H3,(H,37,41,42). The summed E-state index contributed by atoms with van der Waals surface area (Å²) in [6.45, 7) is 11.4. The molecule has 0 spiro atoms. The highest BCUT2D eigenvalue weighted by Crippen LogP contribution is 2.44. The molecule has 3 amide bonds. The van der Waals surface area contributed by atoms with Gasteiger partial charge in [-0.1, -0.05) is 43.7 Å². The molecule has 4 heterocycles. The predicted molar refractivity (Wildman–Crippen MR) is 162 cm³/mol. The minimum absolute atomic E-state index is 0.119. The maximum absolute atomic E-state index is 13.6. The van der Waals surface area contributed by atoms with Crippen LogP contribution in [-0.2, 0) is 22.7 Å². The molecule has 7 rings (SSSR count). The number of nitrogens with zero attached hydrogens (tertiary/aromatic N) is 3. The zero-order chi connectivity index (χ0) is 29.9. The van der Waals surface area contributed by atoms with Crippen molar-refractivity contribution in [2.45, 2.75) is 65.1 Å². The van der Waals surface area contributed by atoms with Crippen LogP contribution in [0.4, 0.5) is 4.39 Å². The van der Waals surface area contributed by atoms with Gasteiger partial charge in [0.2, 0.25) is 11.8 Å². The van der Waals surface area contributed by atoms with Crippen molar-refractivity contribution in [2.75, 3.05) is 32.7 Å². The van der Waals surface area contributed by atoms with Gasteiger partial charge in [0, 0.05) is 57.8 Å². The first kappa shape index (κ1) is 28.4. The molecule has 226 valence electrons. The molecule has 3 atom stereocenters. The minimum atomic E-state index is -0.579. The summed E-state index contributed by atoms with van der Waals surface area (Å²) in [5.74, 6) is 0.385. The van der Waals surface area contributed by atoms with Gasteiger partial charge in [0.15, 0.2) is 0 Å². The van der Waals surface area contributed by atoms with E-state index in [-0.39, 0.29) is 35.4 Å².